The van der Waals surface area contributed by atoms with E-state index in [2.05, 4.69) is 20.8 Å². The fraction of sp³-hybridized carbons (Fsp3) is 0.556. The Morgan fingerprint density at radius 1 is 1.08 bits per heavy atom. The van der Waals surface area contributed by atoms with Crippen LogP contribution in [0.1, 0.15) is 36.0 Å². The summed E-state index contributed by atoms with van der Waals surface area (Å²) in [5, 5.41) is 0. The first-order valence-corrected chi connectivity index (χ1v) is 10.4. The quantitative estimate of drug-likeness (QED) is 0.752. The number of thioether (sulfide) groups is 1. The molecule has 0 atom stereocenters. The van der Waals surface area contributed by atoms with E-state index in [4.69, 9.17) is 0 Å². The SMILES string of the molecule is O=C(C1CC1)N1CCC2(CC1)SCCN2C(=O)c1ccc(Br)cc1. The van der Waals surface area contributed by atoms with Crippen LogP contribution in [-0.2, 0) is 4.79 Å². The topological polar surface area (TPSA) is 40.6 Å². The second kappa shape index (κ2) is 6.37. The molecule has 3 aliphatic rings. The number of hydrogen-bond acceptors (Lipinski definition) is 3. The van der Waals surface area contributed by atoms with Crippen molar-refractivity contribution < 1.29 is 9.59 Å². The van der Waals surface area contributed by atoms with E-state index in [9.17, 15) is 9.59 Å². The lowest BCUT2D eigenvalue weighted by atomic mass is 10.0. The van der Waals surface area contributed by atoms with E-state index in [1.54, 1.807) is 0 Å². The summed E-state index contributed by atoms with van der Waals surface area (Å²) >= 11 is 5.31. The van der Waals surface area contributed by atoms with Gasteiger partial charge in [-0.3, -0.25) is 9.59 Å². The Morgan fingerprint density at radius 2 is 1.75 bits per heavy atom. The lowest BCUT2D eigenvalue weighted by molar-refractivity contribution is -0.134. The summed E-state index contributed by atoms with van der Waals surface area (Å²) in [5.74, 6) is 1.72. The maximum Gasteiger partial charge on any atom is 0.254 e. The number of hydrogen-bond donors (Lipinski definition) is 0. The maximum absolute atomic E-state index is 13.0. The predicted molar refractivity (Wildman–Crippen MR) is 98.9 cm³/mol. The Balaban J connectivity index is 1.47. The van der Waals surface area contributed by atoms with Crippen LogP contribution in [0.5, 0.6) is 0 Å². The average Bonchev–Trinajstić information content (AvgIpc) is 3.38. The lowest BCUT2D eigenvalue weighted by Gasteiger charge is -2.44. The number of amides is 2. The van der Waals surface area contributed by atoms with Gasteiger partial charge in [-0.1, -0.05) is 15.9 Å². The van der Waals surface area contributed by atoms with Crippen molar-refractivity contribution in [2.75, 3.05) is 25.4 Å². The molecule has 1 spiro atoms. The number of benzene rings is 1. The number of carbonyl (C=O) groups is 2. The second-order valence-corrected chi connectivity index (χ2v) is 9.23. The zero-order valence-electron chi connectivity index (χ0n) is 13.5. The zero-order chi connectivity index (χ0) is 16.7. The Labute approximate surface area is 155 Å². The number of rotatable bonds is 2. The molecule has 0 radical (unpaired) electrons. The van der Waals surface area contributed by atoms with Gasteiger partial charge in [-0.15, -0.1) is 11.8 Å². The normalized spacial score (nSPS) is 22.9. The molecule has 3 fully saturated rings. The third-order valence-corrected chi connectivity index (χ3v) is 7.38. The van der Waals surface area contributed by atoms with Crippen LogP contribution in [0.25, 0.3) is 0 Å². The summed E-state index contributed by atoms with van der Waals surface area (Å²) < 4.78 is 0.983. The Kier molecular flexibility index (Phi) is 4.37. The average molecular weight is 409 g/mol. The summed E-state index contributed by atoms with van der Waals surface area (Å²) in [6.07, 6.45) is 3.89. The number of nitrogens with zero attached hydrogens (tertiary/aromatic N) is 2. The largest absolute Gasteiger partial charge is 0.342 e. The molecule has 24 heavy (non-hydrogen) atoms. The highest BCUT2D eigenvalue weighted by molar-refractivity contribution is 9.10. The molecule has 0 aromatic heterocycles. The van der Waals surface area contributed by atoms with Crippen LogP contribution in [0.15, 0.2) is 28.7 Å². The van der Waals surface area contributed by atoms with Gasteiger partial charge in [-0.05, 0) is 49.9 Å². The van der Waals surface area contributed by atoms with Crippen LogP contribution in [0, 0.1) is 5.92 Å². The second-order valence-electron chi connectivity index (χ2n) is 6.86. The molecule has 2 saturated heterocycles. The minimum atomic E-state index is -0.121. The van der Waals surface area contributed by atoms with Gasteiger partial charge in [0.25, 0.3) is 5.91 Å². The molecule has 6 heteroatoms. The molecule has 1 saturated carbocycles. The maximum atomic E-state index is 13.0. The third-order valence-electron chi connectivity index (χ3n) is 5.30. The van der Waals surface area contributed by atoms with Gasteiger partial charge < -0.3 is 9.80 Å². The van der Waals surface area contributed by atoms with Crippen molar-refractivity contribution in [3.8, 4) is 0 Å². The number of halogens is 1. The molecule has 128 valence electrons. The summed E-state index contributed by atoms with van der Waals surface area (Å²) in [6.45, 7) is 2.37. The number of likely N-dealkylation sites (tertiary alicyclic amines) is 1. The molecule has 0 unspecified atom stereocenters. The molecule has 2 heterocycles. The van der Waals surface area contributed by atoms with Gasteiger partial charge in [0.2, 0.25) is 5.91 Å². The van der Waals surface area contributed by atoms with Gasteiger partial charge in [0, 0.05) is 41.3 Å². The van der Waals surface area contributed by atoms with E-state index >= 15 is 0 Å². The van der Waals surface area contributed by atoms with Crippen LogP contribution >= 0.6 is 27.7 Å². The summed E-state index contributed by atoms with van der Waals surface area (Å²) in [5.41, 5.74) is 0.747. The Bertz CT molecular complexity index is 651. The highest BCUT2D eigenvalue weighted by atomic mass is 79.9. The van der Waals surface area contributed by atoms with Crippen molar-refractivity contribution in [2.45, 2.75) is 30.6 Å². The van der Waals surface area contributed by atoms with Crippen molar-refractivity contribution in [3.05, 3.63) is 34.3 Å². The van der Waals surface area contributed by atoms with Gasteiger partial charge in [0.05, 0.1) is 4.87 Å². The van der Waals surface area contributed by atoms with Crippen molar-refractivity contribution in [1.29, 1.82) is 0 Å². The minimum absolute atomic E-state index is 0.120. The van der Waals surface area contributed by atoms with Crippen molar-refractivity contribution in [3.63, 3.8) is 0 Å². The summed E-state index contributed by atoms with van der Waals surface area (Å²) in [7, 11) is 0. The summed E-state index contributed by atoms with van der Waals surface area (Å²) in [4.78, 5) is 29.2. The van der Waals surface area contributed by atoms with Gasteiger partial charge in [-0.2, -0.15) is 0 Å². The standard InChI is InChI=1S/C18H21BrN2O2S/c19-15-5-3-14(4-6-15)17(23)21-11-12-24-18(21)7-9-20(10-8-18)16(22)13-1-2-13/h3-6,13H,1-2,7-12H2. The minimum Gasteiger partial charge on any atom is -0.342 e. The fourth-order valence-corrected chi connectivity index (χ4v) is 5.44. The summed E-state index contributed by atoms with van der Waals surface area (Å²) in [6, 6.07) is 7.60. The molecule has 2 aliphatic heterocycles. The number of carbonyl (C=O) groups excluding carboxylic acids is 2. The van der Waals surface area contributed by atoms with Crippen molar-refractivity contribution in [2.24, 2.45) is 5.92 Å². The molecule has 1 aromatic rings. The molecular weight excluding hydrogens is 388 g/mol. The third kappa shape index (κ3) is 2.99. The molecule has 1 aromatic carbocycles. The van der Waals surface area contributed by atoms with E-state index in [1.165, 1.54) is 0 Å². The molecule has 4 rings (SSSR count). The van der Waals surface area contributed by atoms with Crippen molar-refractivity contribution >= 4 is 39.5 Å². The van der Waals surface area contributed by atoms with E-state index in [-0.39, 0.29) is 16.7 Å². The van der Waals surface area contributed by atoms with Crippen LogP contribution in [0.2, 0.25) is 0 Å². The zero-order valence-corrected chi connectivity index (χ0v) is 15.9. The van der Waals surface area contributed by atoms with E-state index in [1.807, 2.05) is 40.9 Å². The monoisotopic (exact) mass is 408 g/mol. The molecular formula is C18H21BrN2O2S. The van der Waals surface area contributed by atoms with Crippen LogP contribution in [0.3, 0.4) is 0 Å². The van der Waals surface area contributed by atoms with E-state index in [0.29, 0.717) is 5.91 Å². The number of piperidine rings is 1. The molecule has 0 bridgehead atoms. The van der Waals surface area contributed by atoms with Gasteiger partial charge in [0.15, 0.2) is 0 Å². The van der Waals surface area contributed by atoms with Crippen LogP contribution in [0.4, 0.5) is 0 Å². The van der Waals surface area contributed by atoms with Crippen molar-refractivity contribution in [1.82, 2.24) is 9.80 Å². The molecule has 2 amide bonds. The van der Waals surface area contributed by atoms with Crippen LogP contribution < -0.4 is 0 Å². The molecule has 0 N–H and O–H groups in total. The van der Waals surface area contributed by atoms with E-state index in [0.717, 1.165) is 61.1 Å². The first-order valence-electron chi connectivity index (χ1n) is 8.59. The fourth-order valence-electron chi connectivity index (χ4n) is 3.72. The highest BCUT2D eigenvalue weighted by Gasteiger charge is 2.48. The molecule has 4 nitrogen and oxygen atoms in total. The van der Waals surface area contributed by atoms with Gasteiger partial charge in [-0.25, -0.2) is 0 Å². The molecule has 1 aliphatic carbocycles. The Morgan fingerprint density at radius 3 is 2.38 bits per heavy atom. The highest BCUT2D eigenvalue weighted by Crippen LogP contribution is 2.45. The van der Waals surface area contributed by atoms with Gasteiger partial charge >= 0.3 is 0 Å². The van der Waals surface area contributed by atoms with Crippen LogP contribution in [-0.4, -0.2) is 51.9 Å². The van der Waals surface area contributed by atoms with E-state index < -0.39 is 0 Å². The predicted octanol–water partition coefficient (Wildman–Crippen LogP) is 3.37. The van der Waals surface area contributed by atoms with Gasteiger partial charge in [0.1, 0.15) is 0 Å². The lowest BCUT2D eigenvalue weighted by Crippen LogP contribution is -2.53. The smallest absolute Gasteiger partial charge is 0.254 e. The first kappa shape index (κ1) is 16.5. The first-order chi connectivity index (χ1) is 11.6. The Hall–Kier alpha value is -1.01.